The average molecular weight is 401 g/mol. The van der Waals surface area contributed by atoms with Crippen molar-refractivity contribution < 1.29 is 17.2 Å². The number of rotatable bonds is 5. The monoisotopic (exact) mass is 401 g/mol. The van der Waals surface area contributed by atoms with Gasteiger partial charge in [-0.05, 0) is 24.3 Å². The van der Waals surface area contributed by atoms with Gasteiger partial charge < -0.3 is 4.42 Å². The van der Waals surface area contributed by atoms with Gasteiger partial charge in [0.1, 0.15) is 5.82 Å². The normalized spacial score (nSPS) is 16.3. The SMILES string of the molecule is O=S(=O)(c1ccc(F)cc1)N1CCN(Cc2ncc(-c3ccccc3)o2)CC1. The van der Waals surface area contributed by atoms with Crippen molar-refractivity contribution in [3.63, 3.8) is 0 Å². The van der Waals surface area contributed by atoms with E-state index >= 15 is 0 Å². The lowest BCUT2D eigenvalue weighted by atomic mass is 10.2. The van der Waals surface area contributed by atoms with Crippen LogP contribution in [0.5, 0.6) is 0 Å². The molecule has 4 rings (SSSR count). The van der Waals surface area contributed by atoms with Crippen LogP contribution >= 0.6 is 0 Å². The van der Waals surface area contributed by atoms with Gasteiger partial charge in [-0.1, -0.05) is 30.3 Å². The van der Waals surface area contributed by atoms with Crippen LogP contribution in [0, 0.1) is 5.82 Å². The van der Waals surface area contributed by atoms with Crippen LogP contribution < -0.4 is 0 Å². The van der Waals surface area contributed by atoms with E-state index in [-0.39, 0.29) is 4.90 Å². The Balaban J connectivity index is 1.37. The maximum absolute atomic E-state index is 13.1. The second kappa shape index (κ2) is 7.83. The number of sulfonamides is 1. The lowest BCUT2D eigenvalue weighted by Crippen LogP contribution is -2.48. The van der Waals surface area contributed by atoms with Crippen LogP contribution in [0.1, 0.15) is 5.89 Å². The molecule has 0 bridgehead atoms. The van der Waals surface area contributed by atoms with Crippen molar-refractivity contribution in [3.05, 3.63) is 72.5 Å². The smallest absolute Gasteiger partial charge is 0.243 e. The quantitative estimate of drug-likeness (QED) is 0.658. The lowest BCUT2D eigenvalue weighted by molar-refractivity contribution is 0.168. The van der Waals surface area contributed by atoms with Crippen molar-refractivity contribution >= 4 is 10.0 Å². The highest BCUT2D eigenvalue weighted by Crippen LogP contribution is 2.22. The molecule has 0 spiro atoms. The fourth-order valence-corrected chi connectivity index (χ4v) is 4.62. The first-order valence-electron chi connectivity index (χ1n) is 9.00. The van der Waals surface area contributed by atoms with Gasteiger partial charge >= 0.3 is 0 Å². The zero-order valence-electron chi connectivity index (χ0n) is 15.2. The van der Waals surface area contributed by atoms with Gasteiger partial charge in [0, 0.05) is 31.7 Å². The van der Waals surface area contributed by atoms with Crippen LogP contribution in [0.15, 0.2) is 70.1 Å². The van der Waals surface area contributed by atoms with Crippen molar-refractivity contribution in [2.45, 2.75) is 11.4 Å². The number of aromatic nitrogens is 1. The first-order valence-corrected chi connectivity index (χ1v) is 10.4. The third-order valence-electron chi connectivity index (χ3n) is 4.75. The molecule has 0 aliphatic carbocycles. The number of benzene rings is 2. The number of nitrogens with zero attached hydrogens (tertiary/aromatic N) is 3. The van der Waals surface area contributed by atoms with Gasteiger partial charge in [-0.2, -0.15) is 4.31 Å². The molecule has 0 saturated carbocycles. The van der Waals surface area contributed by atoms with E-state index in [0.29, 0.717) is 44.4 Å². The van der Waals surface area contributed by atoms with Crippen molar-refractivity contribution in [2.24, 2.45) is 0 Å². The highest BCUT2D eigenvalue weighted by molar-refractivity contribution is 7.89. The highest BCUT2D eigenvalue weighted by Gasteiger charge is 2.29. The molecule has 0 amide bonds. The molecule has 0 unspecified atom stereocenters. The van der Waals surface area contributed by atoms with Crippen LogP contribution in [0.3, 0.4) is 0 Å². The molecule has 2 aromatic carbocycles. The number of halogens is 1. The first-order chi connectivity index (χ1) is 13.5. The molecule has 0 atom stereocenters. The molecule has 1 aliphatic heterocycles. The van der Waals surface area contributed by atoms with Gasteiger partial charge in [0.25, 0.3) is 0 Å². The molecule has 1 aliphatic rings. The zero-order chi connectivity index (χ0) is 19.6. The topological polar surface area (TPSA) is 66.7 Å². The molecule has 1 saturated heterocycles. The van der Waals surface area contributed by atoms with E-state index in [1.165, 1.54) is 16.4 Å². The van der Waals surface area contributed by atoms with E-state index < -0.39 is 15.8 Å². The van der Waals surface area contributed by atoms with E-state index in [9.17, 15) is 12.8 Å². The largest absolute Gasteiger partial charge is 0.439 e. The summed E-state index contributed by atoms with van der Waals surface area (Å²) in [5.41, 5.74) is 0.969. The minimum atomic E-state index is -3.61. The molecule has 1 aromatic heterocycles. The second-order valence-corrected chi connectivity index (χ2v) is 8.56. The second-order valence-electron chi connectivity index (χ2n) is 6.62. The molecule has 6 nitrogen and oxygen atoms in total. The molecular weight excluding hydrogens is 381 g/mol. The van der Waals surface area contributed by atoms with Crippen LogP contribution in [-0.4, -0.2) is 48.8 Å². The van der Waals surface area contributed by atoms with E-state index in [1.807, 2.05) is 30.3 Å². The minimum Gasteiger partial charge on any atom is -0.439 e. The summed E-state index contributed by atoms with van der Waals surface area (Å²) in [7, 11) is -3.61. The lowest BCUT2D eigenvalue weighted by Gasteiger charge is -2.33. The molecule has 0 radical (unpaired) electrons. The van der Waals surface area contributed by atoms with E-state index in [2.05, 4.69) is 9.88 Å². The third-order valence-corrected chi connectivity index (χ3v) is 6.67. The summed E-state index contributed by atoms with van der Waals surface area (Å²) in [5, 5.41) is 0. The molecule has 28 heavy (non-hydrogen) atoms. The summed E-state index contributed by atoms with van der Waals surface area (Å²) in [6.45, 7) is 2.40. The Labute approximate surface area is 163 Å². The Morgan fingerprint density at radius 2 is 1.64 bits per heavy atom. The van der Waals surface area contributed by atoms with Crippen LogP contribution in [0.2, 0.25) is 0 Å². The number of hydrogen-bond acceptors (Lipinski definition) is 5. The zero-order valence-corrected chi connectivity index (χ0v) is 16.0. The summed E-state index contributed by atoms with van der Waals surface area (Å²) >= 11 is 0. The van der Waals surface area contributed by atoms with Gasteiger partial charge in [0.05, 0.1) is 17.6 Å². The standard InChI is InChI=1S/C20H20FN3O3S/c21-17-6-8-18(9-7-17)28(25,26)24-12-10-23(11-13-24)15-20-22-14-19(27-20)16-4-2-1-3-5-16/h1-9,14H,10-13,15H2. The summed E-state index contributed by atoms with van der Waals surface area (Å²) in [6, 6.07) is 14.7. The molecular formula is C20H20FN3O3S. The number of hydrogen-bond donors (Lipinski definition) is 0. The average Bonchev–Trinajstić information content (AvgIpc) is 3.18. The molecule has 146 valence electrons. The van der Waals surface area contributed by atoms with Crippen molar-refractivity contribution in [2.75, 3.05) is 26.2 Å². The Morgan fingerprint density at radius 1 is 0.964 bits per heavy atom. The van der Waals surface area contributed by atoms with Gasteiger partial charge in [-0.3, -0.25) is 4.90 Å². The van der Waals surface area contributed by atoms with Crippen molar-refractivity contribution in [1.82, 2.24) is 14.2 Å². The van der Waals surface area contributed by atoms with Crippen LogP contribution in [0.4, 0.5) is 4.39 Å². The molecule has 2 heterocycles. The van der Waals surface area contributed by atoms with E-state index in [4.69, 9.17) is 4.42 Å². The van der Waals surface area contributed by atoms with E-state index in [0.717, 1.165) is 17.7 Å². The summed E-state index contributed by atoms with van der Waals surface area (Å²) in [5.74, 6) is 0.867. The van der Waals surface area contributed by atoms with E-state index in [1.54, 1.807) is 6.20 Å². The summed E-state index contributed by atoms with van der Waals surface area (Å²) in [4.78, 5) is 6.56. The predicted molar refractivity (Wildman–Crippen MR) is 102 cm³/mol. The van der Waals surface area contributed by atoms with Crippen LogP contribution in [0.25, 0.3) is 11.3 Å². The van der Waals surface area contributed by atoms with Crippen molar-refractivity contribution in [1.29, 1.82) is 0 Å². The third kappa shape index (κ3) is 3.99. The predicted octanol–water partition coefficient (Wildman–Crippen LogP) is 2.99. The molecule has 3 aromatic rings. The Hall–Kier alpha value is -2.55. The Kier molecular flexibility index (Phi) is 5.25. The Morgan fingerprint density at radius 3 is 2.32 bits per heavy atom. The fraction of sp³-hybridized carbons (Fsp3) is 0.250. The molecule has 8 heteroatoms. The summed E-state index contributed by atoms with van der Waals surface area (Å²) < 4.78 is 45.7. The van der Waals surface area contributed by atoms with Crippen molar-refractivity contribution in [3.8, 4) is 11.3 Å². The molecule has 0 N–H and O–H groups in total. The minimum absolute atomic E-state index is 0.113. The summed E-state index contributed by atoms with van der Waals surface area (Å²) in [6.07, 6.45) is 1.71. The van der Waals surface area contributed by atoms with Gasteiger partial charge in [0.2, 0.25) is 15.9 Å². The van der Waals surface area contributed by atoms with Gasteiger partial charge in [-0.25, -0.2) is 17.8 Å². The number of piperazine rings is 1. The number of oxazole rings is 1. The molecule has 1 fully saturated rings. The Bertz CT molecular complexity index is 1030. The maximum atomic E-state index is 13.1. The van der Waals surface area contributed by atoms with Gasteiger partial charge in [0.15, 0.2) is 5.76 Å². The maximum Gasteiger partial charge on any atom is 0.243 e. The highest BCUT2D eigenvalue weighted by atomic mass is 32.2. The van der Waals surface area contributed by atoms with Gasteiger partial charge in [-0.15, -0.1) is 0 Å². The fourth-order valence-electron chi connectivity index (χ4n) is 3.19. The van der Waals surface area contributed by atoms with Crippen LogP contribution in [-0.2, 0) is 16.6 Å². The first kappa shape index (κ1) is 18.8.